The van der Waals surface area contributed by atoms with E-state index in [4.69, 9.17) is 12.7 Å². The molecule has 2 heterocycles. The molecular weight excluding hydrogens is 1090 g/mol. The molecule has 0 spiro atoms. The summed E-state index contributed by atoms with van der Waals surface area (Å²) in [6.07, 6.45) is 1.88. The minimum absolute atomic E-state index is 0. The number of hydrogen-bond donors (Lipinski definition) is 1. The first-order valence-electron chi connectivity index (χ1n) is 25.2. The Morgan fingerprint density at radius 3 is 1.77 bits per heavy atom. The van der Waals surface area contributed by atoms with Crippen LogP contribution in [0.4, 0.5) is 0 Å². The molecule has 2 aromatic heterocycles. The summed E-state index contributed by atoms with van der Waals surface area (Å²) in [5, 5.41) is 11.3. The molecule has 0 unspecified atom stereocenters. The minimum atomic E-state index is -2.73. The molecule has 7 aromatic carbocycles. The molecule has 6 heteroatoms. The number of fused-ring (bicyclic) bond motifs is 1. The van der Waals surface area contributed by atoms with Gasteiger partial charge in [-0.2, -0.15) is 0 Å². The van der Waals surface area contributed by atoms with Crippen molar-refractivity contribution in [2.24, 2.45) is 0 Å². The first kappa shape index (κ1) is 47.8. The van der Waals surface area contributed by atoms with E-state index in [-0.39, 0.29) is 43.1 Å². The summed E-state index contributed by atoms with van der Waals surface area (Å²) in [4.78, 5) is 10.6. The number of aromatic nitrogens is 3. The van der Waals surface area contributed by atoms with Crippen LogP contribution < -0.4 is 0 Å². The predicted octanol–water partition coefficient (Wildman–Crippen LogP) is 17.2. The second-order valence-corrected chi connectivity index (χ2v) is 32.6. The molecule has 0 bridgehead atoms. The van der Waals surface area contributed by atoms with E-state index in [0.29, 0.717) is 11.4 Å². The molecule has 0 amide bonds. The van der Waals surface area contributed by atoms with Crippen LogP contribution in [0.2, 0.25) is 17.3 Å². The summed E-state index contributed by atoms with van der Waals surface area (Å²) in [7, 11) is 0. The zero-order valence-corrected chi connectivity index (χ0v) is 47.1. The van der Waals surface area contributed by atoms with Crippen LogP contribution in [0.15, 0.2) is 164 Å². The Morgan fingerprint density at radius 2 is 1.14 bits per heavy atom. The van der Waals surface area contributed by atoms with Gasteiger partial charge in [0.15, 0.2) is 0 Å². The molecule has 0 saturated heterocycles. The normalized spacial score (nSPS) is 12.9. The van der Waals surface area contributed by atoms with Gasteiger partial charge in [0, 0.05) is 38.5 Å². The van der Waals surface area contributed by atoms with E-state index in [1.54, 1.807) is 0 Å². The van der Waals surface area contributed by atoms with Crippen molar-refractivity contribution < 1.29 is 28.9 Å². The number of nitrogens with zero attached hydrogens (tertiary/aromatic N) is 3. The summed E-state index contributed by atoms with van der Waals surface area (Å²) < 4.78 is 20.3. The summed E-state index contributed by atoms with van der Waals surface area (Å²) in [5.41, 5.74) is 16.2. The van der Waals surface area contributed by atoms with Crippen LogP contribution in [-0.2, 0) is 42.5 Å². The first-order chi connectivity index (χ1) is 33.4. The van der Waals surface area contributed by atoms with Gasteiger partial charge in [0.05, 0.1) is 0 Å². The molecule has 0 atom stereocenters. The molecule has 0 aliphatic heterocycles. The number of phenols is 1. The van der Waals surface area contributed by atoms with Crippen LogP contribution in [0.5, 0.6) is 5.75 Å². The summed E-state index contributed by atoms with van der Waals surface area (Å²) in [6, 6.07) is 58.7. The largest absolute Gasteiger partial charge is 0 e. The molecule has 4 nitrogen and oxygen atoms in total. The van der Waals surface area contributed by atoms with Crippen LogP contribution in [0.3, 0.4) is 0 Å². The fraction of sp³-hybridized carbons (Fsp3) is 0.250. The van der Waals surface area contributed by atoms with Gasteiger partial charge in [-0.15, -0.1) is 29.3 Å². The number of imidazole rings is 1. The predicted molar refractivity (Wildman–Crippen MR) is 295 cm³/mol. The monoisotopic (exact) mass is 1160 g/mol. The maximum absolute atomic E-state index is 12.7. The number of aromatic hydroxyl groups is 1. The molecular formula is C64H66GeN3OPt-. The minimum Gasteiger partial charge on any atom is 0 e. The van der Waals surface area contributed by atoms with E-state index in [0.717, 1.165) is 94.7 Å². The van der Waals surface area contributed by atoms with Crippen molar-refractivity contribution >= 4 is 24.3 Å². The average molecular weight is 1160 g/mol. The second kappa shape index (κ2) is 19.4. The van der Waals surface area contributed by atoms with Crippen LogP contribution in [0.1, 0.15) is 87.3 Å². The maximum Gasteiger partial charge on any atom is 0 e. The van der Waals surface area contributed by atoms with Crippen molar-refractivity contribution in [3.63, 3.8) is 0 Å². The van der Waals surface area contributed by atoms with Crippen molar-refractivity contribution in [3.05, 3.63) is 192 Å². The van der Waals surface area contributed by atoms with Gasteiger partial charge in [0.2, 0.25) is 0 Å². The third-order valence-corrected chi connectivity index (χ3v) is 15.1. The molecule has 0 aliphatic rings. The zero-order valence-electron chi connectivity index (χ0n) is 44.7. The van der Waals surface area contributed by atoms with E-state index in [9.17, 15) is 5.11 Å². The average Bonchev–Trinajstić information content (AvgIpc) is 3.72. The summed E-state index contributed by atoms with van der Waals surface area (Å²) in [5.74, 6) is 7.23. The molecule has 0 saturated carbocycles. The standard InChI is InChI=1S/C64H66GeN3O.Pt/c1-62(2,3)50-35-48(34-49(36-50)56-38-47(32-33-66-56)43-20-15-13-16-21-43)52-24-19-25-58-59(52)67-61(54-39-51(63(4,5)6)40-55(60(54)69)64(7,8)9)68(58)57-31-30-46(37-53(57)45-22-17-14-18-23-45)44-28-26-42(27-29-44)41-65(10,11)12;/h13-33,35-40,69H,41H2,1-12H3;/q-1;/i41D2;. The molecule has 0 aliphatic carbocycles. The molecule has 9 aromatic rings. The van der Waals surface area contributed by atoms with Crippen LogP contribution >= 0.6 is 0 Å². The summed E-state index contributed by atoms with van der Waals surface area (Å²) in [6.45, 7) is 19.8. The number of hydrogen-bond acceptors (Lipinski definition) is 3. The van der Waals surface area contributed by atoms with Crippen molar-refractivity contribution in [2.75, 3.05) is 0 Å². The Labute approximate surface area is 436 Å². The van der Waals surface area contributed by atoms with Crippen molar-refractivity contribution in [2.45, 2.75) is 101 Å². The van der Waals surface area contributed by atoms with Crippen molar-refractivity contribution in [1.82, 2.24) is 14.5 Å². The Morgan fingerprint density at radius 1 is 0.557 bits per heavy atom. The number of para-hydroxylation sites is 1. The van der Waals surface area contributed by atoms with Gasteiger partial charge in [-0.3, -0.25) is 4.98 Å². The SMILES string of the molecule is [2H][C]([2H])(c1ccc(-c2ccc(-n3c(-c4cc(C(C)(C)C)cc(C(C)(C)C)c4O)nc4c(-c5[c-]c(-c6cc(-c7ccccc7)ccn6)cc(C(C)(C)C)c5)cccc43)c(-c3ccccc3)c2)cc1)[Ge]([CH3])([CH3])[CH3].[Pt]. The second-order valence-electron chi connectivity index (χ2n) is 22.7. The van der Waals surface area contributed by atoms with Gasteiger partial charge in [-0.1, -0.05) is 128 Å². The van der Waals surface area contributed by atoms with Crippen molar-refractivity contribution in [3.8, 4) is 78.6 Å². The summed E-state index contributed by atoms with van der Waals surface area (Å²) >= 11 is -2.73. The Hall–Kier alpha value is -5.81. The van der Waals surface area contributed by atoms with Gasteiger partial charge < -0.3 is 5.11 Å². The molecule has 70 heavy (non-hydrogen) atoms. The third-order valence-electron chi connectivity index (χ3n) is 12.9. The van der Waals surface area contributed by atoms with E-state index in [1.807, 2.05) is 30.5 Å². The number of pyridine rings is 1. The Balaban J connectivity index is 0.00000693. The fourth-order valence-electron chi connectivity index (χ4n) is 9.16. The van der Waals surface area contributed by atoms with E-state index in [2.05, 4.69) is 224 Å². The quantitative estimate of drug-likeness (QED) is 0.116. The topological polar surface area (TPSA) is 50.9 Å². The van der Waals surface area contributed by atoms with Gasteiger partial charge in [0.25, 0.3) is 0 Å². The van der Waals surface area contributed by atoms with Crippen molar-refractivity contribution in [1.29, 1.82) is 0 Å². The fourth-order valence-corrected chi connectivity index (χ4v) is 11.3. The van der Waals surface area contributed by atoms with E-state index < -0.39 is 18.5 Å². The smallest absolute Gasteiger partial charge is 0 e. The molecule has 358 valence electrons. The Bertz CT molecular complexity index is 3430. The maximum atomic E-state index is 12.7. The number of benzene rings is 7. The van der Waals surface area contributed by atoms with Crippen LogP contribution in [0, 0.1) is 6.07 Å². The van der Waals surface area contributed by atoms with Crippen LogP contribution in [-0.4, -0.2) is 32.9 Å². The van der Waals surface area contributed by atoms with Crippen LogP contribution in [0.25, 0.3) is 83.9 Å². The number of phenolic OH excluding ortho intramolecular Hbond substituents is 1. The third kappa shape index (κ3) is 10.6. The van der Waals surface area contributed by atoms with Gasteiger partial charge in [-0.25, -0.2) is 0 Å². The molecule has 0 radical (unpaired) electrons. The van der Waals surface area contributed by atoms with Gasteiger partial charge in [0.1, 0.15) is 5.75 Å². The first-order valence-corrected chi connectivity index (χ1v) is 31.6. The molecule has 9 rings (SSSR count). The van der Waals surface area contributed by atoms with E-state index >= 15 is 0 Å². The Kier molecular flexibility index (Phi) is 13.3. The molecule has 1 N–H and O–H groups in total. The van der Waals surface area contributed by atoms with Gasteiger partial charge in [-0.05, 0) is 45.1 Å². The zero-order chi connectivity index (χ0) is 50.8. The molecule has 0 fully saturated rings. The number of rotatable bonds is 9. The van der Waals surface area contributed by atoms with Gasteiger partial charge >= 0.3 is 183 Å². The van der Waals surface area contributed by atoms with E-state index in [1.165, 1.54) is 0 Å².